The van der Waals surface area contributed by atoms with Crippen molar-refractivity contribution < 1.29 is 8.42 Å². The Bertz CT molecular complexity index is 627. The van der Waals surface area contributed by atoms with Gasteiger partial charge in [0.2, 0.25) is 10.0 Å². The molecule has 118 valence electrons. The minimum Gasteiger partial charge on any atom is -0.325 e. The number of H-pyrrole nitrogens is 1. The van der Waals surface area contributed by atoms with Gasteiger partial charge in [0, 0.05) is 31.7 Å². The molecule has 0 spiro atoms. The van der Waals surface area contributed by atoms with Crippen molar-refractivity contribution in [2.45, 2.75) is 49.7 Å². The first kappa shape index (κ1) is 15.0. The highest BCUT2D eigenvalue weighted by Gasteiger charge is 2.40. The third-order valence-corrected chi connectivity index (χ3v) is 6.93. The van der Waals surface area contributed by atoms with Gasteiger partial charge < -0.3 is 5.73 Å². The summed E-state index contributed by atoms with van der Waals surface area (Å²) in [5, 5.41) is 6.76. The molecule has 7 nitrogen and oxygen atoms in total. The highest BCUT2D eigenvalue weighted by Crippen LogP contribution is 2.31. The smallest absolute Gasteiger partial charge is 0.246 e. The number of nitrogens with zero attached hydrogens (tertiary/aromatic N) is 3. The summed E-state index contributed by atoms with van der Waals surface area (Å²) in [7, 11) is -1.42. The molecule has 0 radical (unpaired) electrons. The van der Waals surface area contributed by atoms with Gasteiger partial charge in [-0.05, 0) is 33.2 Å². The van der Waals surface area contributed by atoms with Crippen molar-refractivity contribution in [1.29, 1.82) is 0 Å². The molecule has 3 N–H and O–H groups in total. The zero-order valence-corrected chi connectivity index (χ0v) is 13.4. The van der Waals surface area contributed by atoms with Gasteiger partial charge in [-0.1, -0.05) is 0 Å². The maximum Gasteiger partial charge on any atom is 0.246 e. The first-order valence-corrected chi connectivity index (χ1v) is 8.85. The fourth-order valence-corrected chi connectivity index (χ4v) is 5.41. The van der Waals surface area contributed by atoms with E-state index in [-0.39, 0.29) is 11.4 Å². The van der Waals surface area contributed by atoms with Gasteiger partial charge in [0.1, 0.15) is 4.90 Å². The monoisotopic (exact) mass is 313 g/mol. The minimum absolute atomic E-state index is 0.124. The molecule has 2 saturated heterocycles. The number of aryl methyl sites for hydroxylation is 1. The molecule has 2 unspecified atom stereocenters. The van der Waals surface area contributed by atoms with Crippen LogP contribution < -0.4 is 5.73 Å². The predicted molar refractivity (Wildman–Crippen MR) is 79.2 cm³/mol. The Morgan fingerprint density at radius 1 is 1.33 bits per heavy atom. The fourth-order valence-electron chi connectivity index (χ4n) is 3.58. The molecule has 1 aromatic heterocycles. The van der Waals surface area contributed by atoms with Crippen molar-refractivity contribution in [3.63, 3.8) is 0 Å². The van der Waals surface area contributed by atoms with Gasteiger partial charge in [0.05, 0.1) is 11.4 Å². The number of aromatic amines is 1. The molecule has 8 heteroatoms. The van der Waals surface area contributed by atoms with Crippen molar-refractivity contribution in [2.75, 3.05) is 20.1 Å². The standard InChI is InChI=1S/C13H23N5O2S/c1-9-13(12(7-14)16-15-9)21(19,20)18-6-5-10-3-4-11(8-18)17(10)2/h10-11H,3-8,14H2,1-2H3,(H,15,16). The second kappa shape index (κ2) is 5.35. The summed E-state index contributed by atoms with van der Waals surface area (Å²) in [5.74, 6) is 0. The lowest BCUT2D eigenvalue weighted by molar-refractivity contribution is 0.246. The van der Waals surface area contributed by atoms with Crippen molar-refractivity contribution in [2.24, 2.45) is 5.73 Å². The molecule has 3 rings (SSSR count). The van der Waals surface area contributed by atoms with Crippen LogP contribution in [0.5, 0.6) is 0 Å². The number of nitrogens with one attached hydrogen (secondary N) is 1. The highest BCUT2D eigenvalue weighted by atomic mass is 32.2. The summed E-state index contributed by atoms with van der Waals surface area (Å²) in [4.78, 5) is 2.60. The van der Waals surface area contributed by atoms with E-state index in [0.29, 0.717) is 36.6 Å². The second-order valence-corrected chi connectivity index (χ2v) is 7.91. The van der Waals surface area contributed by atoms with Gasteiger partial charge in [0.25, 0.3) is 0 Å². The van der Waals surface area contributed by atoms with E-state index in [1.54, 1.807) is 11.2 Å². The summed E-state index contributed by atoms with van der Waals surface area (Å²) in [6.45, 7) is 2.99. The van der Waals surface area contributed by atoms with Crippen LogP contribution >= 0.6 is 0 Å². The average molecular weight is 313 g/mol. The molecule has 0 aromatic carbocycles. The summed E-state index contributed by atoms with van der Waals surface area (Å²) in [6, 6.07) is 0.829. The number of likely N-dealkylation sites (N-methyl/N-ethyl adjacent to an activating group) is 1. The molecule has 1 aromatic rings. The molecular formula is C13H23N5O2S. The molecule has 2 fully saturated rings. The molecule has 21 heavy (non-hydrogen) atoms. The lowest BCUT2D eigenvalue weighted by Gasteiger charge is -2.25. The van der Waals surface area contributed by atoms with Crippen LogP contribution in [0.2, 0.25) is 0 Å². The van der Waals surface area contributed by atoms with E-state index < -0.39 is 10.0 Å². The summed E-state index contributed by atoms with van der Waals surface area (Å²) in [5.41, 5.74) is 6.62. The summed E-state index contributed by atoms with van der Waals surface area (Å²) >= 11 is 0. The molecule has 2 atom stereocenters. The second-order valence-electron chi connectivity index (χ2n) is 6.03. The molecule has 2 aliphatic rings. The third-order valence-electron chi connectivity index (χ3n) is 4.86. The Kier molecular flexibility index (Phi) is 3.81. The lowest BCUT2D eigenvalue weighted by Crippen LogP contribution is -2.40. The van der Waals surface area contributed by atoms with Crippen LogP contribution in [0.25, 0.3) is 0 Å². The van der Waals surface area contributed by atoms with E-state index in [1.165, 1.54) is 6.42 Å². The van der Waals surface area contributed by atoms with Gasteiger partial charge in [-0.15, -0.1) is 0 Å². The number of nitrogens with two attached hydrogens (primary N) is 1. The van der Waals surface area contributed by atoms with Gasteiger partial charge in [-0.25, -0.2) is 8.42 Å². The van der Waals surface area contributed by atoms with Gasteiger partial charge in [-0.3, -0.25) is 10.00 Å². The van der Waals surface area contributed by atoms with E-state index in [2.05, 4.69) is 22.1 Å². The largest absolute Gasteiger partial charge is 0.325 e. The predicted octanol–water partition coefficient (Wildman–Crippen LogP) is 0.0340. The zero-order valence-electron chi connectivity index (χ0n) is 12.5. The molecule has 2 bridgehead atoms. The molecule has 0 aliphatic carbocycles. The minimum atomic E-state index is -3.53. The molecule has 3 heterocycles. The molecule has 0 amide bonds. The van der Waals surface area contributed by atoms with E-state index >= 15 is 0 Å². The van der Waals surface area contributed by atoms with Crippen LogP contribution in [0.3, 0.4) is 0 Å². The number of hydrogen-bond acceptors (Lipinski definition) is 5. The maximum absolute atomic E-state index is 13.0. The van der Waals surface area contributed by atoms with Gasteiger partial charge in [-0.2, -0.15) is 9.40 Å². The van der Waals surface area contributed by atoms with Crippen molar-refractivity contribution in [3.8, 4) is 0 Å². The number of rotatable bonds is 3. The fraction of sp³-hybridized carbons (Fsp3) is 0.769. The SMILES string of the molecule is Cc1[nH]nc(CN)c1S(=O)(=O)N1CCC2CCC(C1)N2C. The molecular weight excluding hydrogens is 290 g/mol. The van der Waals surface area contributed by atoms with Crippen LogP contribution in [-0.4, -0.2) is 60.0 Å². The van der Waals surface area contributed by atoms with Crippen LogP contribution in [0, 0.1) is 6.92 Å². The summed E-state index contributed by atoms with van der Waals surface area (Å²) < 4.78 is 27.6. The van der Waals surface area contributed by atoms with E-state index in [9.17, 15) is 8.42 Å². The van der Waals surface area contributed by atoms with Crippen LogP contribution in [0.15, 0.2) is 4.90 Å². The topological polar surface area (TPSA) is 95.3 Å². The van der Waals surface area contributed by atoms with Gasteiger partial charge in [0.15, 0.2) is 0 Å². The molecule has 0 saturated carbocycles. The zero-order chi connectivity index (χ0) is 15.2. The quantitative estimate of drug-likeness (QED) is 0.821. The Morgan fingerprint density at radius 2 is 2.05 bits per heavy atom. The number of sulfonamides is 1. The Hall–Kier alpha value is -0.960. The Balaban J connectivity index is 1.93. The van der Waals surface area contributed by atoms with Crippen molar-refractivity contribution in [1.82, 2.24) is 19.4 Å². The third kappa shape index (κ3) is 2.40. The van der Waals surface area contributed by atoms with Crippen LogP contribution in [-0.2, 0) is 16.6 Å². The normalized spacial score (nSPS) is 28.0. The number of hydrogen-bond donors (Lipinski definition) is 2. The van der Waals surface area contributed by atoms with Crippen LogP contribution in [0.4, 0.5) is 0 Å². The van der Waals surface area contributed by atoms with Crippen LogP contribution in [0.1, 0.15) is 30.7 Å². The summed E-state index contributed by atoms with van der Waals surface area (Å²) in [6.07, 6.45) is 3.14. The Labute approximate surface area is 125 Å². The maximum atomic E-state index is 13.0. The lowest BCUT2D eigenvalue weighted by atomic mass is 10.1. The first-order valence-electron chi connectivity index (χ1n) is 7.41. The van der Waals surface area contributed by atoms with E-state index in [1.807, 2.05) is 0 Å². The highest BCUT2D eigenvalue weighted by molar-refractivity contribution is 7.89. The van der Waals surface area contributed by atoms with E-state index in [0.717, 1.165) is 12.8 Å². The first-order chi connectivity index (χ1) is 9.95. The number of fused-ring (bicyclic) bond motifs is 2. The van der Waals surface area contributed by atoms with Gasteiger partial charge >= 0.3 is 0 Å². The molecule has 2 aliphatic heterocycles. The van der Waals surface area contributed by atoms with Crippen molar-refractivity contribution >= 4 is 10.0 Å². The van der Waals surface area contributed by atoms with E-state index in [4.69, 9.17) is 5.73 Å². The Morgan fingerprint density at radius 3 is 2.76 bits per heavy atom. The average Bonchev–Trinajstić information content (AvgIpc) is 2.90. The van der Waals surface area contributed by atoms with Crippen molar-refractivity contribution in [3.05, 3.63) is 11.4 Å². The number of aromatic nitrogens is 2.